The number of amides is 1. The van der Waals surface area contributed by atoms with Gasteiger partial charge in [0.1, 0.15) is 11.3 Å². The number of imidazole rings is 1. The normalized spacial score (nSPS) is 24.8. The SMILES string of the molecule is CCC1CNc2c(C)ccc3cc(-c4nc5cc(C(=O)N6C[C@H]7CC[C@@H]6[C@@H]7N)cc(F)c5n4C)n1c23. The zero-order valence-electron chi connectivity index (χ0n) is 20.9. The lowest BCUT2D eigenvalue weighted by molar-refractivity contribution is 0.0700. The predicted molar refractivity (Wildman–Crippen MR) is 140 cm³/mol. The maximum absolute atomic E-state index is 15.5. The van der Waals surface area contributed by atoms with Crippen molar-refractivity contribution in [2.75, 3.05) is 18.4 Å². The summed E-state index contributed by atoms with van der Waals surface area (Å²) in [6.07, 6.45) is 2.96. The number of nitrogens with one attached hydrogen (secondary N) is 1. The summed E-state index contributed by atoms with van der Waals surface area (Å²) in [6, 6.07) is 9.89. The fourth-order valence-electron chi connectivity index (χ4n) is 6.93. The van der Waals surface area contributed by atoms with Gasteiger partial charge in [0.15, 0.2) is 5.82 Å². The molecule has 4 aromatic rings. The molecule has 186 valence electrons. The molecule has 2 aromatic heterocycles. The van der Waals surface area contributed by atoms with Gasteiger partial charge in [0.05, 0.1) is 28.5 Å². The number of aryl methyl sites for hydroxylation is 2. The van der Waals surface area contributed by atoms with Crippen LogP contribution in [0.2, 0.25) is 0 Å². The molecule has 8 heteroatoms. The van der Waals surface area contributed by atoms with Crippen LogP contribution in [0.15, 0.2) is 30.3 Å². The maximum atomic E-state index is 15.5. The highest BCUT2D eigenvalue weighted by molar-refractivity contribution is 6.00. The van der Waals surface area contributed by atoms with E-state index >= 15 is 4.39 Å². The number of hydrogen-bond donors (Lipinski definition) is 2. The van der Waals surface area contributed by atoms with Gasteiger partial charge in [-0.3, -0.25) is 4.79 Å². The Labute approximate surface area is 209 Å². The number of anilines is 1. The van der Waals surface area contributed by atoms with Gasteiger partial charge >= 0.3 is 0 Å². The third-order valence-corrected chi connectivity index (χ3v) is 8.87. The van der Waals surface area contributed by atoms with Gasteiger partial charge in [-0.1, -0.05) is 19.1 Å². The second kappa shape index (κ2) is 7.56. The Morgan fingerprint density at radius 3 is 2.78 bits per heavy atom. The predicted octanol–water partition coefficient (Wildman–Crippen LogP) is 4.58. The van der Waals surface area contributed by atoms with Crippen LogP contribution in [0.1, 0.15) is 48.1 Å². The Morgan fingerprint density at radius 1 is 1.22 bits per heavy atom. The number of benzene rings is 2. The lowest BCUT2D eigenvalue weighted by Crippen LogP contribution is -2.41. The minimum atomic E-state index is -0.425. The number of carbonyl (C=O) groups is 1. The van der Waals surface area contributed by atoms with Crippen LogP contribution in [-0.4, -0.2) is 50.1 Å². The van der Waals surface area contributed by atoms with Crippen LogP contribution in [0.25, 0.3) is 33.5 Å². The number of aromatic nitrogens is 3. The molecule has 2 aliphatic heterocycles. The molecule has 1 saturated carbocycles. The van der Waals surface area contributed by atoms with Gasteiger partial charge in [0.25, 0.3) is 5.91 Å². The average molecular weight is 487 g/mol. The van der Waals surface area contributed by atoms with Gasteiger partial charge in [-0.25, -0.2) is 9.37 Å². The van der Waals surface area contributed by atoms with Gasteiger partial charge in [-0.15, -0.1) is 0 Å². The Kier molecular flexibility index (Phi) is 4.59. The van der Waals surface area contributed by atoms with Crippen molar-refractivity contribution < 1.29 is 9.18 Å². The van der Waals surface area contributed by atoms with Gasteiger partial charge < -0.3 is 25.1 Å². The van der Waals surface area contributed by atoms with E-state index in [1.54, 1.807) is 6.07 Å². The number of carbonyl (C=O) groups excluding carboxylic acids is 1. The number of fused-ring (bicyclic) bond motifs is 3. The fourth-order valence-corrected chi connectivity index (χ4v) is 6.93. The summed E-state index contributed by atoms with van der Waals surface area (Å²) >= 11 is 0. The third kappa shape index (κ3) is 2.82. The van der Waals surface area contributed by atoms with Crippen molar-refractivity contribution >= 4 is 33.5 Å². The summed E-state index contributed by atoms with van der Waals surface area (Å²) in [5, 5.41) is 4.75. The van der Waals surface area contributed by atoms with E-state index in [9.17, 15) is 4.79 Å². The lowest BCUT2D eigenvalue weighted by Gasteiger charge is -2.29. The molecule has 3 aliphatic rings. The molecule has 1 aliphatic carbocycles. The second-order valence-electron chi connectivity index (χ2n) is 10.8. The van der Waals surface area contributed by atoms with Crippen molar-refractivity contribution in [3.8, 4) is 11.5 Å². The highest BCUT2D eigenvalue weighted by Crippen LogP contribution is 2.41. The molecular formula is C28H31FN6O. The topological polar surface area (TPSA) is 81.1 Å². The van der Waals surface area contributed by atoms with Crippen molar-refractivity contribution in [1.82, 2.24) is 19.0 Å². The zero-order valence-corrected chi connectivity index (χ0v) is 20.9. The number of hydrogen-bond acceptors (Lipinski definition) is 4. The molecule has 4 atom stereocenters. The maximum Gasteiger partial charge on any atom is 0.254 e. The molecular weight excluding hydrogens is 455 g/mol. The van der Waals surface area contributed by atoms with Crippen molar-refractivity contribution in [2.45, 2.75) is 51.2 Å². The number of likely N-dealkylation sites (tertiary alicyclic amines) is 1. The summed E-state index contributed by atoms with van der Waals surface area (Å²) in [6.45, 7) is 5.80. The average Bonchev–Trinajstić information content (AvgIpc) is 3.61. The summed E-state index contributed by atoms with van der Waals surface area (Å²) in [7, 11) is 1.85. The van der Waals surface area contributed by atoms with E-state index in [0.29, 0.717) is 34.9 Å². The Morgan fingerprint density at radius 2 is 2.06 bits per heavy atom. The van der Waals surface area contributed by atoms with Crippen LogP contribution in [-0.2, 0) is 7.05 Å². The standard InChI is InChI=1S/C28H31FN6O/c1-4-18-12-31-24-14(2)5-6-15-11-22(35(18)25(15)24)27-32-20-10-17(9-19(29)26(20)33(27)3)28(36)34-13-16-7-8-21(34)23(16)30/h5-6,9-11,16,18,21,23,31H,4,7-8,12-13,30H2,1-3H3/t16-,18?,21-,23-/m1/s1. The van der Waals surface area contributed by atoms with Crippen LogP contribution >= 0.6 is 0 Å². The summed E-state index contributed by atoms with van der Waals surface area (Å²) in [5.74, 6) is 0.483. The van der Waals surface area contributed by atoms with E-state index in [4.69, 9.17) is 10.7 Å². The molecule has 0 radical (unpaired) electrons. The van der Waals surface area contributed by atoms with E-state index in [1.165, 1.54) is 17.1 Å². The van der Waals surface area contributed by atoms with Gasteiger partial charge in [-0.05, 0) is 55.9 Å². The summed E-state index contributed by atoms with van der Waals surface area (Å²) < 4.78 is 19.7. The first-order valence-electron chi connectivity index (χ1n) is 13.0. The van der Waals surface area contributed by atoms with Crippen molar-refractivity contribution in [3.63, 3.8) is 0 Å². The molecule has 4 heterocycles. The molecule has 2 bridgehead atoms. The number of rotatable bonds is 3. The first kappa shape index (κ1) is 21.9. The molecule has 1 saturated heterocycles. The molecule has 3 N–H and O–H groups in total. The highest BCUT2D eigenvalue weighted by atomic mass is 19.1. The smallest absolute Gasteiger partial charge is 0.254 e. The fraction of sp³-hybridized carbons (Fsp3) is 0.429. The van der Waals surface area contributed by atoms with Gasteiger partial charge in [0.2, 0.25) is 0 Å². The molecule has 7 nitrogen and oxygen atoms in total. The Balaban J connectivity index is 1.37. The summed E-state index contributed by atoms with van der Waals surface area (Å²) in [4.78, 5) is 20.1. The third-order valence-electron chi connectivity index (χ3n) is 8.87. The van der Waals surface area contributed by atoms with Gasteiger partial charge in [0, 0.05) is 43.2 Å². The van der Waals surface area contributed by atoms with E-state index in [1.807, 2.05) is 16.5 Å². The van der Waals surface area contributed by atoms with E-state index in [2.05, 4.69) is 41.9 Å². The van der Waals surface area contributed by atoms with Gasteiger partial charge in [-0.2, -0.15) is 0 Å². The van der Waals surface area contributed by atoms with Crippen molar-refractivity contribution in [1.29, 1.82) is 0 Å². The first-order valence-corrected chi connectivity index (χ1v) is 13.0. The van der Waals surface area contributed by atoms with Crippen molar-refractivity contribution in [3.05, 3.63) is 47.3 Å². The molecule has 1 amide bonds. The van der Waals surface area contributed by atoms with Crippen molar-refractivity contribution in [2.24, 2.45) is 18.7 Å². The van der Waals surface area contributed by atoms with E-state index < -0.39 is 5.82 Å². The molecule has 0 spiro atoms. The van der Waals surface area contributed by atoms with E-state index in [0.717, 1.165) is 42.6 Å². The second-order valence-corrected chi connectivity index (χ2v) is 10.8. The lowest BCUT2D eigenvalue weighted by atomic mass is 10.1. The zero-order chi connectivity index (χ0) is 24.9. The quantitative estimate of drug-likeness (QED) is 0.444. The van der Waals surface area contributed by atoms with Crippen LogP contribution in [0, 0.1) is 18.7 Å². The molecule has 1 unspecified atom stereocenters. The Hall–Kier alpha value is -3.39. The molecule has 2 aromatic carbocycles. The Bertz CT molecular complexity index is 1570. The highest BCUT2D eigenvalue weighted by Gasteiger charge is 2.47. The summed E-state index contributed by atoms with van der Waals surface area (Å²) in [5.41, 5.74) is 12.1. The molecule has 7 rings (SSSR count). The number of halogens is 1. The number of piperidine rings is 1. The van der Waals surface area contributed by atoms with Crippen LogP contribution in [0.3, 0.4) is 0 Å². The largest absolute Gasteiger partial charge is 0.381 e. The molecule has 36 heavy (non-hydrogen) atoms. The van der Waals surface area contributed by atoms with Crippen LogP contribution in [0.4, 0.5) is 10.1 Å². The van der Waals surface area contributed by atoms with E-state index in [-0.39, 0.29) is 24.0 Å². The first-order chi connectivity index (χ1) is 17.4. The van der Waals surface area contributed by atoms with Crippen LogP contribution in [0.5, 0.6) is 0 Å². The number of nitrogens with zero attached hydrogens (tertiary/aromatic N) is 4. The number of nitrogens with two attached hydrogens (primary N) is 1. The monoisotopic (exact) mass is 486 g/mol. The van der Waals surface area contributed by atoms with Crippen LogP contribution < -0.4 is 11.1 Å². The minimum absolute atomic E-state index is 0.0268. The minimum Gasteiger partial charge on any atom is -0.381 e. The molecule has 2 fully saturated rings.